The van der Waals surface area contributed by atoms with Crippen LogP contribution in [0.25, 0.3) is 0 Å². The van der Waals surface area contributed by atoms with Crippen LogP contribution in [0.5, 0.6) is 0 Å². The Morgan fingerprint density at radius 1 is 1.50 bits per heavy atom. The van der Waals surface area contributed by atoms with Crippen molar-refractivity contribution >= 4 is 11.6 Å². The van der Waals surface area contributed by atoms with Gasteiger partial charge < -0.3 is 10.1 Å². The molecule has 1 atom stereocenters. The van der Waals surface area contributed by atoms with Gasteiger partial charge in [0.25, 0.3) is 5.91 Å². The Kier molecular flexibility index (Phi) is 3.65. The number of ether oxygens (including phenoxy) is 1. The van der Waals surface area contributed by atoms with Crippen LogP contribution in [0, 0.1) is 6.92 Å². The van der Waals surface area contributed by atoms with Gasteiger partial charge in [-0.05, 0) is 31.5 Å². The maximum atomic E-state index is 11.4. The fourth-order valence-electron chi connectivity index (χ4n) is 1.07. The average Bonchev–Trinajstić information content (AvgIpc) is 2.16. The lowest BCUT2D eigenvalue weighted by Gasteiger charge is -2.10. The third kappa shape index (κ3) is 2.85. The first kappa shape index (κ1) is 10.7. The molecule has 0 aliphatic heterocycles. The zero-order valence-electron chi connectivity index (χ0n) is 8.70. The highest BCUT2D eigenvalue weighted by molar-refractivity contribution is 5.93. The normalized spacial score (nSPS) is 12.2. The summed E-state index contributed by atoms with van der Waals surface area (Å²) in [5, 5.41) is 2.77. The van der Waals surface area contributed by atoms with Gasteiger partial charge in [0.15, 0.2) is 0 Å². The van der Waals surface area contributed by atoms with Gasteiger partial charge in [-0.3, -0.25) is 4.79 Å². The molecule has 76 valence electrons. The number of hydrogen-bond donors (Lipinski definition) is 1. The number of amides is 1. The summed E-state index contributed by atoms with van der Waals surface area (Å²) in [6.07, 6.45) is -0.421. The number of hydrogen-bond acceptors (Lipinski definition) is 2. The molecule has 1 aromatic rings. The number of aryl methyl sites for hydroxylation is 1. The van der Waals surface area contributed by atoms with Crippen molar-refractivity contribution < 1.29 is 9.53 Å². The number of carbonyl (C=O) groups is 1. The Morgan fingerprint density at radius 2 is 2.21 bits per heavy atom. The third-order valence-electron chi connectivity index (χ3n) is 2.01. The quantitative estimate of drug-likeness (QED) is 0.797. The van der Waals surface area contributed by atoms with Crippen LogP contribution >= 0.6 is 0 Å². The van der Waals surface area contributed by atoms with Crippen molar-refractivity contribution in [3.63, 3.8) is 0 Å². The van der Waals surface area contributed by atoms with E-state index in [1.807, 2.05) is 31.2 Å². The highest BCUT2D eigenvalue weighted by atomic mass is 16.5. The molecule has 3 heteroatoms. The number of methoxy groups -OCH3 is 1. The van der Waals surface area contributed by atoms with E-state index in [2.05, 4.69) is 5.32 Å². The summed E-state index contributed by atoms with van der Waals surface area (Å²) in [5.41, 5.74) is 1.92. The van der Waals surface area contributed by atoms with Gasteiger partial charge in [-0.2, -0.15) is 0 Å². The summed E-state index contributed by atoms with van der Waals surface area (Å²) in [6, 6.07) is 7.66. The summed E-state index contributed by atoms with van der Waals surface area (Å²) in [5.74, 6) is -0.127. The zero-order chi connectivity index (χ0) is 10.6. The molecule has 0 aliphatic carbocycles. The second kappa shape index (κ2) is 4.77. The Hall–Kier alpha value is -1.35. The summed E-state index contributed by atoms with van der Waals surface area (Å²) in [6.45, 7) is 3.69. The molecule has 0 aromatic heterocycles. The van der Waals surface area contributed by atoms with E-state index >= 15 is 0 Å². The zero-order valence-corrected chi connectivity index (χ0v) is 8.70. The first-order valence-electron chi connectivity index (χ1n) is 4.54. The second-order valence-electron chi connectivity index (χ2n) is 3.24. The van der Waals surface area contributed by atoms with Gasteiger partial charge in [-0.1, -0.05) is 12.1 Å². The van der Waals surface area contributed by atoms with E-state index in [9.17, 15) is 4.79 Å². The van der Waals surface area contributed by atoms with Crippen molar-refractivity contribution in [2.45, 2.75) is 20.0 Å². The van der Waals surface area contributed by atoms with Crippen molar-refractivity contribution in [2.75, 3.05) is 12.4 Å². The van der Waals surface area contributed by atoms with E-state index in [-0.39, 0.29) is 5.91 Å². The first-order valence-corrected chi connectivity index (χ1v) is 4.54. The van der Waals surface area contributed by atoms with Crippen molar-refractivity contribution in [3.05, 3.63) is 29.8 Å². The molecule has 1 aromatic carbocycles. The van der Waals surface area contributed by atoms with E-state index in [1.54, 1.807) is 6.92 Å². The van der Waals surface area contributed by atoms with Crippen molar-refractivity contribution in [1.29, 1.82) is 0 Å². The second-order valence-corrected chi connectivity index (χ2v) is 3.24. The van der Waals surface area contributed by atoms with E-state index in [4.69, 9.17) is 4.74 Å². The fourth-order valence-corrected chi connectivity index (χ4v) is 1.07. The summed E-state index contributed by atoms with van der Waals surface area (Å²) >= 11 is 0. The summed E-state index contributed by atoms with van der Waals surface area (Å²) in [4.78, 5) is 11.4. The third-order valence-corrected chi connectivity index (χ3v) is 2.01. The minimum atomic E-state index is -0.421. The lowest BCUT2D eigenvalue weighted by Crippen LogP contribution is -2.26. The molecule has 0 fully saturated rings. The summed E-state index contributed by atoms with van der Waals surface area (Å²) < 4.78 is 4.90. The van der Waals surface area contributed by atoms with Crippen molar-refractivity contribution in [3.8, 4) is 0 Å². The molecule has 3 nitrogen and oxygen atoms in total. The molecule has 0 saturated carbocycles. The van der Waals surface area contributed by atoms with Gasteiger partial charge in [0.1, 0.15) is 6.10 Å². The molecule has 0 spiro atoms. The van der Waals surface area contributed by atoms with Crippen LogP contribution in [-0.2, 0) is 9.53 Å². The Bertz CT molecular complexity index is 323. The predicted molar refractivity (Wildman–Crippen MR) is 56.3 cm³/mol. The molecule has 0 saturated heterocycles. The fraction of sp³-hybridized carbons (Fsp3) is 0.364. The maximum Gasteiger partial charge on any atom is 0.253 e. The van der Waals surface area contributed by atoms with Gasteiger partial charge in [0, 0.05) is 12.8 Å². The van der Waals surface area contributed by atoms with Crippen LogP contribution in [0.1, 0.15) is 12.5 Å². The molecule has 0 heterocycles. The van der Waals surface area contributed by atoms with Crippen molar-refractivity contribution in [1.82, 2.24) is 0 Å². The van der Waals surface area contributed by atoms with Crippen LogP contribution in [0.2, 0.25) is 0 Å². The van der Waals surface area contributed by atoms with E-state index in [0.29, 0.717) is 0 Å². The molecule has 14 heavy (non-hydrogen) atoms. The molecule has 1 rings (SSSR count). The SMILES string of the molecule is COC(C)C(=O)Nc1cccc(C)c1. The lowest BCUT2D eigenvalue weighted by molar-refractivity contribution is -0.124. The van der Waals surface area contributed by atoms with E-state index < -0.39 is 6.10 Å². The van der Waals surface area contributed by atoms with Gasteiger partial charge in [0.05, 0.1) is 0 Å². The minimum Gasteiger partial charge on any atom is -0.372 e. The molecule has 1 amide bonds. The topological polar surface area (TPSA) is 38.3 Å². The average molecular weight is 193 g/mol. The van der Waals surface area contributed by atoms with Crippen LogP contribution in [0.3, 0.4) is 0 Å². The largest absolute Gasteiger partial charge is 0.372 e. The Morgan fingerprint density at radius 3 is 2.79 bits per heavy atom. The highest BCUT2D eigenvalue weighted by Crippen LogP contribution is 2.09. The minimum absolute atomic E-state index is 0.127. The monoisotopic (exact) mass is 193 g/mol. The van der Waals surface area contributed by atoms with Crippen LogP contribution in [0.4, 0.5) is 5.69 Å². The first-order chi connectivity index (χ1) is 6.63. The number of anilines is 1. The molecule has 1 N–H and O–H groups in total. The van der Waals surface area contributed by atoms with Crippen LogP contribution in [0.15, 0.2) is 24.3 Å². The standard InChI is InChI=1S/C11H15NO2/c1-8-5-4-6-10(7-8)12-11(13)9(2)14-3/h4-7,9H,1-3H3,(H,12,13). The van der Waals surface area contributed by atoms with Gasteiger partial charge in [-0.25, -0.2) is 0 Å². The van der Waals surface area contributed by atoms with Gasteiger partial charge in [-0.15, -0.1) is 0 Å². The van der Waals surface area contributed by atoms with Gasteiger partial charge >= 0.3 is 0 Å². The smallest absolute Gasteiger partial charge is 0.253 e. The maximum absolute atomic E-state index is 11.4. The summed E-state index contributed by atoms with van der Waals surface area (Å²) in [7, 11) is 1.51. The van der Waals surface area contributed by atoms with Crippen LogP contribution < -0.4 is 5.32 Å². The molecular weight excluding hydrogens is 178 g/mol. The molecule has 0 bridgehead atoms. The predicted octanol–water partition coefficient (Wildman–Crippen LogP) is 1.97. The van der Waals surface area contributed by atoms with Gasteiger partial charge in [0.2, 0.25) is 0 Å². The lowest BCUT2D eigenvalue weighted by atomic mass is 10.2. The number of benzene rings is 1. The number of carbonyl (C=O) groups excluding carboxylic acids is 1. The molecular formula is C11H15NO2. The Labute approximate surface area is 84.1 Å². The molecule has 0 aliphatic rings. The number of rotatable bonds is 3. The highest BCUT2D eigenvalue weighted by Gasteiger charge is 2.10. The van der Waals surface area contributed by atoms with Crippen molar-refractivity contribution in [2.24, 2.45) is 0 Å². The van der Waals surface area contributed by atoms with E-state index in [0.717, 1.165) is 11.3 Å². The Balaban J connectivity index is 2.65. The molecule has 0 radical (unpaired) electrons. The number of nitrogens with one attached hydrogen (secondary N) is 1. The molecule has 1 unspecified atom stereocenters. The van der Waals surface area contributed by atoms with Crippen LogP contribution in [-0.4, -0.2) is 19.1 Å². The van der Waals surface area contributed by atoms with E-state index in [1.165, 1.54) is 7.11 Å².